The van der Waals surface area contributed by atoms with Gasteiger partial charge in [0.15, 0.2) is 5.65 Å². The summed E-state index contributed by atoms with van der Waals surface area (Å²) in [5.74, 6) is 0.334. The lowest BCUT2D eigenvalue weighted by atomic mass is 10.1. The number of pyridine rings is 1. The number of carbonyl (C=O) groups excluding carboxylic acids is 1. The van der Waals surface area contributed by atoms with Crippen molar-refractivity contribution in [2.24, 2.45) is 0 Å². The second-order valence-electron chi connectivity index (χ2n) is 8.26. The van der Waals surface area contributed by atoms with Gasteiger partial charge >= 0.3 is 0 Å². The number of halogens is 2. The number of anilines is 2. The van der Waals surface area contributed by atoms with Crippen molar-refractivity contribution < 1.29 is 9.63 Å². The van der Waals surface area contributed by atoms with Gasteiger partial charge in [-0.05, 0) is 24.3 Å². The molecule has 1 amide bonds. The van der Waals surface area contributed by atoms with E-state index in [-0.39, 0.29) is 29.5 Å². The number of nitrogens with one attached hydrogen (secondary N) is 3. The minimum absolute atomic E-state index is 0.0744. The van der Waals surface area contributed by atoms with Crippen molar-refractivity contribution in [2.45, 2.75) is 6.42 Å². The van der Waals surface area contributed by atoms with Gasteiger partial charge in [0.1, 0.15) is 7.11 Å². The smallest absolute Gasteiger partial charge is 0.293 e. The molecule has 186 valence electrons. The number of rotatable bonds is 6. The third kappa shape index (κ3) is 4.75. The van der Waals surface area contributed by atoms with Gasteiger partial charge in [0.25, 0.3) is 5.56 Å². The van der Waals surface area contributed by atoms with Gasteiger partial charge in [0.2, 0.25) is 11.9 Å². The Morgan fingerprint density at radius 1 is 1.19 bits per heavy atom. The lowest BCUT2D eigenvalue weighted by Crippen LogP contribution is -2.46. The van der Waals surface area contributed by atoms with Crippen LogP contribution in [0.2, 0.25) is 10.0 Å². The number of H-pyrrole nitrogens is 1. The van der Waals surface area contributed by atoms with Crippen LogP contribution in [0.15, 0.2) is 47.5 Å². The molecule has 1 aliphatic rings. The average Bonchev–Trinajstić information content (AvgIpc) is 3.31. The van der Waals surface area contributed by atoms with Crippen molar-refractivity contribution in [1.29, 1.82) is 0 Å². The van der Waals surface area contributed by atoms with E-state index in [0.29, 0.717) is 39.8 Å². The molecule has 0 unspecified atom stereocenters. The summed E-state index contributed by atoms with van der Waals surface area (Å²) >= 11 is 12.7. The second-order valence-corrected chi connectivity index (χ2v) is 9.07. The van der Waals surface area contributed by atoms with Crippen LogP contribution in [0.3, 0.4) is 0 Å². The fourth-order valence-electron chi connectivity index (χ4n) is 4.17. The number of fused-ring (bicyclic) bond motifs is 1. The molecule has 36 heavy (non-hydrogen) atoms. The maximum Gasteiger partial charge on any atom is 0.293 e. The van der Waals surface area contributed by atoms with Crippen molar-refractivity contribution in [3.8, 4) is 11.1 Å². The van der Waals surface area contributed by atoms with Gasteiger partial charge in [0, 0.05) is 55.2 Å². The van der Waals surface area contributed by atoms with Crippen LogP contribution >= 0.6 is 23.2 Å². The molecule has 0 radical (unpaired) electrons. The first-order valence-electron chi connectivity index (χ1n) is 11.3. The number of aromatic amines is 1. The van der Waals surface area contributed by atoms with Crippen LogP contribution in [0.1, 0.15) is 5.69 Å². The number of hydrogen-bond acceptors (Lipinski definition) is 7. The van der Waals surface area contributed by atoms with Crippen LogP contribution in [0.5, 0.6) is 0 Å². The molecular formula is C24H23Cl2N7O3. The van der Waals surface area contributed by atoms with Gasteiger partial charge in [-0.2, -0.15) is 4.98 Å². The summed E-state index contributed by atoms with van der Waals surface area (Å²) < 4.78 is 1.08. The molecule has 5 rings (SSSR count). The van der Waals surface area contributed by atoms with Gasteiger partial charge in [-0.25, -0.2) is 4.98 Å². The Bertz CT molecular complexity index is 1470. The van der Waals surface area contributed by atoms with Crippen molar-refractivity contribution >= 4 is 51.8 Å². The van der Waals surface area contributed by atoms with E-state index < -0.39 is 5.56 Å². The Morgan fingerprint density at radius 3 is 2.67 bits per heavy atom. The van der Waals surface area contributed by atoms with E-state index in [0.717, 1.165) is 23.5 Å². The molecule has 1 aromatic carbocycles. The minimum atomic E-state index is -0.458. The van der Waals surface area contributed by atoms with Crippen LogP contribution in [0, 0.1) is 0 Å². The number of nitrogens with zero attached hydrogens (tertiary/aromatic N) is 4. The Hall–Kier alpha value is -3.60. The van der Waals surface area contributed by atoms with Crippen LogP contribution in [-0.4, -0.2) is 63.8 Å². The first-order valence-corrected chi connectivity index (χ1v) is 12.0. The van der Waals surface area contributed by atoms with E-state index in [2.05, 4.69) is 25.6 Å². The van der Waals surface area contributed by atoms with Crippen molar-refractivity contribution in [3.05, 3.63) is 68.8 Å². The van der Waals surface area contributed by atoms with Crippen LogP contribution < -0.4 is 21.0 Å². The molecule has 12 heteroatoms. The van der Waals surface area contributed by atoms with Gasteiger partial charge in [-0.1, -0.05) is 29.3 Å². The summed E-state index contributed by atoms with van der Waals surface area (Å²) in [6.45, 7) is 3.03. The van der Waals surface area contributed by atoms with Crippen LogP contribution in [-0.2, 0) is 11.2 Å². The Labute approximate surface area is 216 Å². The van der Waals surface area contributed by atoms with Crippen molar-refractivity contribution in [3.63, 3.8) is 0 Å². The van der Waals surface area contributed by atoms with E-state index in [9.17, 15) is 9.59 Å². The quantitative estimate of drug-likeness (QED) is 0.353. The fraction of sp³-hybridized carbons (Fsp3) is 0.250. The second kappa shape index (κ2) is 10.2. The molecule has 10 nitrogen and oxygen atoms in total. The normalized spacial score (nSPS) is 13.7. The molecule has 3 N–H and O–H groups in total. The van der Waals surface area contributed by atoms with Crippen LogP contribution in [0.4, 0.5) is 11.6 Å². The first-order chi connectivity index (χ1) is 17.4. The predicted octanol–water partition coefficient (Wildman–Crippen LogP) is 2.87. The lowest BCUT2D eigenvalue weighted by Gasteiger charge is -2.27. The SMILES string of the molecule is COn1c(=O)c(-c2c(Cl)cccc2Cl)cc2cnc(Nc3c[nH]c(CC(=O)N4CCNCC4)c3)nc21. The highest BCUT2D eigenvalue weighted by Gasteiger charge is 2.19. The largest absolute Gasteiger partial charge is 0.412 e. The molecule has 3 aromatic heterocycles. The number of amides is 1. The maximum atomic E-state index is 13.2. The summed E-state index contributed by atoms with van der Waals surface area (Å²) in [6, 6.07) is 8.50. The zero-order valence-electron chi connectivity index (χ0n) is 19.3. The Kier molecular flexibility index (Phi) is 6.82. The predicted molar refractivity (Wildman–Crippen MR) is 139 cm³/mol. The number of hydrogen-bond donors (Lipinski definition) is 3. The molecule has 0 spiro atoms. The molecule has 4 heterocycles. The molecule has 1 saturated heterocycles. The molecular weight excluding hydrogens is 505 g/mol. The number of benzene rings is 1. The summed E-state index contributed by atoms with van der Waals surface area (Å²) in [4.78, 5) is 44.9. The lowest BCUT2D eigenvalue weighted by molar-refractivity contribution is -0.131. The van der Waals surface area contributed by atoms with Crippen LogP contribution in [0.25, 0.3) is 22.2 Å². The molecule has 0 bridgehead atoms. The highest BCUT2D eigenvalue weighted by molar-refractivity contribution is 6.39. The summed E-state index contributed by atoms with van der Waals surface area (Å²) in [5.41, 5.74) is 1.96. The third-order valence-electron chi connectivity index (χ3n) is 5.93. The van der Waals surface area contributed by atoms with Gasteiger partial charge in [-0.3, -0.25) is 9.59 Å². The average molecular weight is 528 g/mol. The van der Waals surface area contributed by atoms with E-state index in [1.807, 2.05) is 11.0 Å². The molecule has 0 atom stereocenters. The van der Waals surface area contributed by atoms with Crippen molar-refractivity contribution in [2.75, 3.05) is 38.6 Å². The van der Waals surface area contributed by atoms with Crippen molar-refractivity contribution in [1.82, 2.24) is 29.9 Å². The summed E-state index contributed by atoms with van der Waals surface area (Å²) in [7, 11) is 1.38. The number of aromatic nitrogens is 4. The Balaban J connectivity index is 1.41. The van der Waals surface area contributed by atoms with E-state index in [1.165, 1.54) is 7.11 Å². The minimum Gasteiger partial charge on any atom is -0.412 e. The van der Waals surface area contributed by atoms with E-state index in [4.69, 9.17) is 28.0 Å². The first kappa shape index (κ1) is 24.1. The zero-order chi connectivity index (χ0) is 25.2. The maximum absolute atomic E-state index is 13.2. The van der Waals surface area contributed by atoms with E-state index >= 15 is 0 Å². The van der Waals surface area contributed by atoms with Gasteiger partial charge in [-0.15, -0.1) is 4.73 Å². The topological polar surface area (TPSA) is 117 Å². The molecule has 0 saturated carbocycles. The monoisotopic (exact) mass is 527 g/mol. The van der Waals surface area contributed by atoms with Gasteiger partial charge < -0.3 is 25.4 Å². The summed E-state index contributed by atoms with van der Waals surface area (Å²) in [5, 5.41) is 7.59. The summed E-state index contributed by atoms with van der Waals surface area (Å²) in [6.07, 6.45) is 3.59. The number of piperazine rings is 1. The third-order valence-corrected chi connectivity index (χ3v) is 6.56. The molecule has 0 aliphatic carbocycles. The van der Waals surface area contributed by atoms with Gasteiger partial charge in [0.05, 0.1) is 27.7 Å². The highest BCUT2D eigenvalue weighted by Crippen LogP contribution is 2.33. The molecule has 4 aromatic rings. The fourth-order valence-corrected chi connectivity index (χ4v) is 4.77. The zero-order valence-corrected chi connectivity index (χ0v) is 20.9. The van der Waals surface area contributed by atoms with E-state index in [1.54, 1.807) is 36.7 Å². The number of carbonyl (C=O) groups is 1. The molecule has 1 fully saturated rings. The standard InChI is InChI=1S/C24H23Cl2N7O3/c1-36-33-22-14(9-17(23(33)35)21-18(25)3-2-4-19(21)26)12-29-24(31-22)30-16-10-15(28-13-16)11-20(34)32-7-5-27-6-8-32/h2-4,9-10,12-13,27-28H,5-8,11H2,1H3,(H,29,30,31). The molecule has 1 aliphatic heterocycles. The Morgan fingerprint density at radius 2 is 1.94 bits per heavy atom. The highest BCUT2D eigenvalue weighted by atomic mass is 35.5.